The highest BCUT2D eigenvalue weighted by molar-refractivity contribution is 5.00. The van der Waals surface area contributed by atoms with Crippen molar-refractivity contribution in [2.75, 3.05) is 6.54 Å². The smallest absolute Gasteiger partial charge is 0.0521 e. The van der Waals surface area contributed by atoms with Gasteiger partial charge in [-0.25, -0.2) is 0 Å². The van der Waals surface area contributed by atoms with E-state index in [4.69, 9.17) is 0 Å². The largest absolute Gasteiger partial charge is 0.311 e. The molecule has 0 atom stereocenters. The van der Waals surface area contributed by atoms with E-state index in [2.05, 4.69) is 41.9 Å². The van der Waals surface area contributed by atoms with Gasteiger partial charge in [-0.15, -0.1) is 0 Å². The van der Waals surface area contributed by atoms with E-state index in [-0.39, 0.29) is 0 Å². The fraction of sp³-hybridized carbons (Fsp3) is 0.812. The summed E-state index contributed by atoms with van der Waals surface area (Å²) in [5.41, 5.74) is 1.87. The summed E-state index contributed by atoms with van der Waals surface area (Å²) >= 11 is 0. The maximum atomic E-state index is 4.33. The Labute approximate surface area is 117 Å². The molecule has 0 aliphatic heterocycles. The van der Waals surface area contributed by atoms with Gasteiger partial charge >= 0.3 is 0 Å². The number of nitrogens with zero attached hydrogens (tertiary/aromatic N) is 2. The van der Waals surface area contributed by atoms with Gasteiger partial charge in [0.15, 0.2) is 0 Å². The van der Waals surface area contributed by atoms with Gasteiger partial charge in [0, 0.05) is 25.8 Å². The quantitative estimate of drug-likeness (QED) is 0.814. The Morgan fingerprint density at radius 1 is 1.37 bits per heavy atom. The molecule has 1 aromatic heterocycles. The van der Waals surface area contributed by atoms with Gasteiger partial charge in [0.05, 0.1) is 5.69 Å². The molecule has 1 saturated carbocycles. The molecule has 3 heteroatoms. The van der Waals surface area contributed by atoms with Crippen molar-refractivity contribution in [1.82, 2.24) is 15.1 Å². The molecule has 0 amide bonds. The van der Waals surface area contributed by atoms with Crippen LogP contribution in [0.3, 0.4) is 0 Å². The Bertz CT molecular complexity index is 375. The molecule has 0 unspecified atom stereocenters. The molecule has 1 fully saturated rings. The Balaban J connectivity index is 1.86. The van der Waals surface area contributed by atoms with Crippen molar-refractivity contribution in [3.05, 3.63) is 18.0 Å². The molecule has 19 heavy (non-hydrogen) atoms. The fourth-order valence-corrected chi connectivity index (χ4v) is 3.69. The van der Waals surface area contributed by atoms with Crippen LogP contribution in [-0.2, 0) is 13.1 Å². The average molecular weight is 263 g/mol. The first kappa shape index (κ1) is 14.6. The fourth-order valence-electron chi connectivity index (χ4n) is 3.69. The standard InChI is InChI=1S/C16H29N3/c1-4-19-15(7-10-18-19)12-17-13-16(11-14(2)3)8-5-6-9-16/h7,10,14,17H,4-6,8-9,11-13H2,1-3H3. The van der Waals surface area contributed by atoms with Gasteiger partial charge in [0.25, 0.3) is 0 Å². The molecule has 2 rings (SSSR count). The molecule has 0 radical (unpaired) electrons. The summed E-state index contributed by atoms with van der Waals surface area (Å²) in [6.07, 6.45) is 8.92. The summed E-state index contributed by atoms with van der Waals surface area (Å²) < 4.78 is 2.08. The third-order valence-electron chi connectivity index (χ3n) is 4.42. The maximum absolute atomic E-state index is 4.33. The van der Waals surface area contributed by atoms with Gasteiger partial charge in [0.1, 0.15) is 0 Å². The van der Waals surface area contributed by atoms with Crippen molar-refractivity contribution in [2.45, 2.75) is 66.0 Å². The zero-order valence-corrected chi connectivity index (χ0v) is 12.8. The molecular weight excluding hydrogens is 234 g/mol. The second-order valence-electron chi connectivity index (χ2n) is 6.55. The summed E-state index contributed by atoms with van der Waals surface area (Å²) in [6, 6.07) is 2.13. The lowest BCUT2D eigenvalue weighted by molar-refractivity contribution is 0.223. The molecule has 0 saturated heterocycles. The Hall–Kier alpha value is -0.830. The molecule has 1 aliphatic rings. The van der Waals surface area contributed by atoms with Crippen LogP contribution in [0.25, 0.3) is 0 Å². The monoisotopic (exact) mass is 263 g/mol. The molecule has 1 aromatic rings. The van der Waals surface area contributed by atoms with Gasteiger partial charge in [0.2, 0.25) is 0 Å². The lowest BCUT2D eigenvalue weighted by atomic mass is 9.78. The van der Waals surface area contributed by atoms with Crippen molar-refractivity contribution < 1.29 is 0 Å². The summed E-state index contributed by atoms with van der Waals surface area (Å²) in [4.78, 5) is 0. The third kappa shape index (κ3) is 3.82. The first-order chi connectivity index (χ1) is 9.15. The number of hydrogen-bond donors (Lipinski definition) is 1. The first-order valence-electron chi connectivity index (χ1n) is 7.86. The maximum Gasteiger partial charge on any atom is 0.0521 e. The number of aryl methyl sites for hydroxylation is 1. The molecule has 0 aromatic carbocycles. The zero-order valence-electron chi connectivity index (χ0n) is 12.8. The van der Waals surface area contributed by atoms with Crippen molar-refractivity contribution >= 4 is 0 Å². The normalized spacial score (nSPS) is 18.3. The lowest BCUT2D eigenvalue weighted by Gasteiger charge is -2.31. The first-order valence-corrected chi connectivity index (χ1v) is 7.86. The van der Waals surface area contributed by atoms with Gasteiger partial charge in [-0.05, 0) is 43.6 Å². The summed E-state index contributed by atoms with van der Waals surface area (Å²) in [7, 11) is 0. The van der Waals surface area contributed by atoms with E-state index in [0.29, 0.717) is 5.41 Å². The highest BCUT2D eigenvalue weighted by Gasteiger charge is 2.33. The topological polar surface area (TPSA) is 29.9 Å². The van der Waals surface area contributed by atoms with Crippen LogP contribution in [0, 0.1) is 11.3 Å². The second-order valence-corrected chi connectivity index (χ2v) is 6.55. The van der Waals surface area contributed by atoms with Gasteiger partial charge < -0.3 is 5.32 Å². The minimum Gasteiger partial charge on any atom is -0.311 e. The van der Waals surface area contributed by atoms with Crippen LogP contribution < -0.4 is 5.32 Å². The molecule has 1 heterocycles. The molecule has 1 aliphatic carbocycles. The van der Waals surface area contributed by atoms with Gasteiger partial charge in [-0.2, -0.15) is 5.10 Å². The van der Waals surface area contributed by atoms with Gasteiger partial charge in [-0.3, -0.25) is 4.68 Å². The summed E-state index contributed by atoms with van der Waals surface area (Å²) in [5.74, 6) is 0.807. The third-order valence-corrected chi connectivity index (χ3v) is 4.42. The van der Waals surface area contributed by atoms with Crippen LogP contribution in [0.4, 0.5) is 0 Å². The van der Waals surface area contributed by atoms with E-state index in [1.807, 2.05) is 6.20 Å². The van der Waals surface area contributed by atoms with Gasteiger partial charge in [-0.1, -0.05) is 26.7 Å². The molecule has 108 valence electrons. The second kappa shape index (κ2) is 6.56. The number of rotatable bonds is 7. The Kier molecular flexibility index (Phi) is 5.03. The van der Waals surface area contributed by atoms with Crippen LogP contribution in [0.2, 0.25) is 0 Å². The molecule has 1 N–H and O–H groups in total. The van der Waals surface area contributed by atoms with Crippen LogP contribution in [0.5, 0.6) is 0 Å². The van der Waals surface area contributed by atoms with Crippen molar-refractivity contribution in [2.24, 2.45) is 11.3 Å². The van der Waals surface area contributed by atoms with Crippen LogP contribution in [0.1, 0.15) is 58.6 Å². The van der Waals surface area contributed by atoms with Crippen molar-refractivity contribution in [3.8, 4) is 0 Å². The Morgan fingerprint density at radius 2 is 2.11 bits per heavy atom. The van der Waals surface area contributed by atoms with Crippen molar-refractivity contribution in [1.29, 1.82) is 0 Å². The summed E-state index contributed by atoms with van der Waals surface area (Å²) in [5, 5.41) is 8.02. The Morgan fingerprint density at radius 3 is 2.74 bits per heavy atom. The number of hydrogen-bond acceptors (Lipinski definition) is 2. The van der Waals surface area contributed by atoms with E-state index in [1.54, 1.807) is 0 Å². The number of aromatic nitrogens is 2. The van der Waals surface area contributed by atoms with Crippen LogP contribution in [0.15, 0.2) is 12.3 Å². The number of nitrogens with one attached hydrogen (secondary N) is 1. The van der Waals surface area contributed by atoms with Crippen LogP contribution >= 0.6 is 0 Å². The van der Waals surface area contributed by atoms with E-state index >= 15 is 0 Å². The lowest BCUT2D eigenvalue weighted by Crippen LogP contribution is -2.33. The zero-order chi connectivity index (χ0) is 13.7. The highest BCUT2D eigenvalue weighted by Crippen LogP contribution is 2.42. The average Bonchev–Trinajstić information content (AvgIpc) is 2.98. The molecule has 3 nitrogen and oxygen atoms in total. The van der Waals surface area contributed by atoms with E-state index in [1.165, 1.54) is 44.3 Å². The van der Waals surface area contributed by atoms with E-state index < -0.39 is 0 Å². The SMILES string of the molecule is CCn1nccc1CNCC1(CC(C)C)CCCC1. The van der Waals surface area contributed by atoms with Crippen molar-refractivity contribution in [3.63, 3.8) is 0 Å². The van der Waals surface area contributed by atoms with E-state index in [0.717, 1.165) is 19.0 Å². The van der Waals surface area contributed by atoms with Crippen LogP contribution in [-0.4, -0.2) is 16.3 Å². The predicted octanol–water partition coefficient (Wildman–Crippen LogP) is 3.60. The summed E-state index contributed by atoms with van der Waals surface area (Å²) in [6.45, 7) is 9.93. The minimum atomic E-state index is 0.561. The minimum absolute atomic E-state index is 0.561. The molecular formula is C16H29N3. The molecule has 0 spiro atoms. The highest BCUT2D eigenvalue weighted by atomic mass is 15.3. The van der Waals surface area contributed by atoms with E-state index in [9.17, 15) is 0 Å². The predicted molar refractivity (Wildman–Crippen MR) is 80.0 cm³/mol. The molecule has 0 bridgehead atoms.